The molecular weight excluding hydrogens is 709 g/mol. The minimum atomic E-state index is -4.52. The third kappa shape index (κ3) is 43.2. The average Bonchev–Trinajstić information content (AvgIpc) is 3.13. The first-order chi connectivity index (χ1) is 26.6. The number of hydrogen-bond donors (Lipinski definition) is 0. The summed E-state index contributed by atoms with van der Waals surface area (Å²) in [5, 5.41) is 0. The number of phosphoric acid groups is 1. The monoisotopic (exact) mass is 794 g/mol. The van der Waals surface area contributed by atoms with E-state index in [1.807, 2.05) is 21.1 Å². The van der Waals surface area contributed by atoms with Crippen molar-refractivity contribution in [1.82, 2.24) is 0 Å². The molecular formula is C46H84NO7P. The van der Waals surface area contributed by atoms with Crippen LogP contribution in [0.4, 0.5) is 0 Å². The maximum Gasteiger partial charge on any atom is 0.306 e. The van der Waals surface area contributed by atoms with Crippen LogP contribution in [0.25, 0.3) is 0 Å². The van der Waals surface area contributed by atoms with Gasteiger partial charge in [0, 0.05) is 13.0 Å². The lowest BCUT2D eigenvalue weighted by Crippen LogP contribution is -2.37. The van der Waals surface area contributed by atoms with Gasteiger partial charge in [-0.1, -0.05) is 164 Å². The lowest BCUT2D eigenvalue weighted by molar-refractivity contribution is -0.870. The van der Waals surface area contributed by atoms with E-state index in [9.17, 15) is 14.3 Å². The Morgan fingerprint density at radius 3 is 1.58 bits per heavy atom. The van der Waals surface area contributed by atoms with E-state index >= 15 is 0 Å². The molecule has 2 atom stereocenters. The predicted molar refractivity (Wildman–Crippen MR) is 231 cm³/mol. The summed E-state index contributed by atoms with van der Waals surface area (Å²) in [5.41, 5.74) is 0. The van der Waals surface area contributed by atoms with Crippen molar-refractivity contribution in [3.63, 3.8) is 0 Å². The van der Waals surface area contributed by atoms with Crippen molar-refractivity contribution in [3.05, 3.63) is 60.8 Å². The number of esters is 1. The van der Waals surface area contributed by atoms with Gasteiger partial charge >= 0.3 is 5.97 Å². The minimum absolute atomic E-state index is 0.0237. The van der Waals surface area contributed by atoms with Gasteiger partial charge in [0.2, 0.25) is 0 Å². The van der Waals surface area contributed by atoms with Crippen LogP contribution in [0, 0.1) is 0 Å². The second-order valence-electron chi connectivity index (χ2n) is 15.7. The first kappa shape index (κ1) is 53.2. The van der Waals surface area contributed by atoms with Gasteiger partial charge in [-0.15, -0.1) is 0 Å². The molecule has 0 aromatic heterocycles. The van der Waals surface area contributed by atoms with Crippen LogP contribution >= 0.6 is 7.82 Å². The van der Waals surface area contributed by atoms with Gasteiger partial charge < -0.3 is 27.9 Å². The van der Waals surface area contributed by atoms with Crippen LogP contribution in [-0.2, 0) is 27.9 Å². The highest BCUT2D eigenvalue weighted by atomic mass is 31.2. The average molecular weight is 794 g/mol. The highest BCUT2D eigenvalue weighted by molar-refractivity contribution is 7.45. The number of rotatable bonds is 40. The molecule has 0 aliphatic heterocycles. The number of phosphoric ester groups is 1. The van der Waals surface area contributed by atoms with Crippen molar-refractivity contribution < 1.29 is 37.3 Å². The van der Waals surface area contributed by atoms with Gasteiger partial charge in [0.05, 0.1) is 34.4 Å². The Kier molecular flexibility index (Phi) is 37.8. The molecule has 0 aromatic rings. The van der Waals surface area contributed by atoms with Crippen LogP contribution in [0.3, 0.4) is 0 Å². The maximum atomic E-state index is 12.5. The molecule has 2 unspecified atom stereocenters. The Labute approximate surface area is 339 Å². The van der Waals surface area contributed by atoms with Crippen LogP contribution in [0.5, 0.6) is 0 Å². The Balaban J connectivity index is 4.02. The van der Waals surface area contributed by atoms with E-state index in [4.69, 9.17) is 18.5 Å². The van der Waals surface area contributed by atoms with Crippen molar-refractivity contribution >= 4 is 13.8 Å². The third-order valence-electron chi connectivity index (χ3n) is 9.08. The van der Waals surface area contributed by atoms with Crippen molar-refractivity contribution in [2.24, 2.45) is 0 Å². The van der Waals surface area contributed by atoms with Gasteiger partial charge in [-0.2, -0.15) is 0 Å². The number of ether oxygens (including phenoxy) is 2. The van der Waals surface area contributed by atoms with E-state index in [-0.39, 0.29) is 25.8 Å². The Bertz CT molecular complexity index is 1060. The zero-order valence-electron chi connectivity index (χ0n) is 36.1. The van der Waals surface area contributed by atoms with E-state index in [1.165, 1.54) is 83.5 Å². The van der Waals surface area contributed by atoms with Crippen LogP contribution < -0.4 is 4.89 Å². The summed E-state index contributed by atoms with van der Waals surface area (Å²) in [6.07, 6.45) is 48.3. The SMILES string of the molecule is CC/C=C\C/C=C\C/C=C\C/C=C\C/C=C\CCCCCCCCCCCCOCC(COP(=O)([O-])OCC[N+](C)(C)C)OC(=O)CCCCCCCCC. The highest BCUT2D eigenvalue weighted by Crippen LogP contribution is 2.38. The molecule has 9 heteroatoms. The molecule has 0 heterocycles. The van der Waals surface area contributed by atoms with Crippen molar-refractivity contribution in [2.75, 3.05) is 54.1 Å². The Morgan fingerprint density at radius 1 is 0.582 bits per heavy atom. The summed E-state index contributed by atoms with van der Waals surface area (Å²) >= 11 is 0. The van der Waals surface area contributed by atoms with Gasteiger partial charge in [-0.05, 0) is 57.8 Å². The summed E-state index contributed by atoms with van der Waals surface area (Å²) in [5.74, 6) is -0.345. The fourth-order valence-corrected chi connectivity index (χ4v) is 6.42. The smallest absolute Gasteiger partial charge is 0.306 e. The molecule has 0 saturated heterocycles. The zero-order valence-corrected chi connectivity index (χ0v) is 37.0. The van der Waals surface area contributed by atoms with E-state index in [0.717, 1.165) is 64.2 Å². The van der Waals surface area contributed by atoms with E-state index in [0.29, 0.717) is 24.1 Å². The minimum Gasteiger partial charge on any atom is -0.756 e. The predicted octanol–water partition coefficient (Wildman–Crippen LogP) is 12.3. The number of likely N-dealkylation sites (N-methyl/N-ethyl adjacent to an activating group) is 1. The van der Waals surface area contributed by atoms with E-state index in [2.05, 4.69) is 74.6 Å². The molecule has 0 bridgehead atoms. The number of quaternary nitrogens is 1. The molecule has 0 radical (unpaired) electrons. The third-order valence-corrected chi connectivity index (χ3v) is 10.0. The lowest BCUT2D eigenvalue weighted by atomic mass is 10.1. The van der Waals surface area contributed by atoms with Crippen LogP contribution in [0.1, 0.15) is 168 Å². The van der Waals surface area contributed by atoms with Crippen LogP contribution in [0.15, 0.2) is 60.8 Å². The quantitative estimate of drug-likeness (QED) is 0.0200. The molecule has 0 amide bonds. The van der Waals surface area contributed by atoms with Crippen molar-refractivity contribution in [2.45, 2.75) is 174 Å². The molecule has 0 rings (SSSR count). The van der Waals surface area contributed by atoms with Gasteiger partial charge in [0.25, 0.3) is 7.82 Å². The first-order valence-electron chi connectivity index (χ1n) is 22.0. The number of unbranched alkanes of at least 4 members (excludes halogenated alkanes) is 16. The topological polar surface area (TPSA) is 94.1 Å². The first-order valence-corrected chi connectivity index (χ1v) is 23.5. The summed E-state index contributed by atoms with van der Waals surface area (Å²) in [6.45, 7) is 5.23. The molecule has 55 heavy (non-hydrogen) atoms. The van der Waals surface area contributed by atoms with E-state index in [1.54, 1.807) is 0 Å². The van der Waals surface area contributed by atoms with Gasteiger partial charge in [-0.25, -0.2) is 0 Å². The Morgan fingerprint density at radius 2 is 1.05 bits per heavy atom. The summed E-state index contributed by atoms with van der Waals surface area (Å²) < 4.78 is 34.4. The standard InChI is InChI=1S/C46H84NO7P/c1-6-8-10-12-14-15-16-17-18-19-20-21-22-23-24-25-26-27-28-29-30-31-32-34-36-38-41-51-43-45(44-53-55(49,50)52-42-40-47(3,4)5)54-46(48)39-37-35-33-13-11-9-7-2/h8,10,14-15,17-18,20-21,23-24,45H,6-7,9,11-13,16,19,22,25-44H2,1-5H3/b10-8-,15-14-,18-17-,21-20-,24-23-. The van der Waals surface area contributed by atoms with E-state index < -0.39 is 13.9 Å². The maximum absolute atomic E-state index is 12.5. The summed E-state index contributed by atoms with van der Waals surface area (Å²) in [4.78, 5) is 24.8. The second kappa shape index (κ2) is 39.0. The highest BCUT2D eigenvalue weighted by Gasteiger charge is 2.20. The number of allylic oxidation sites excluding steroid dienone is 10. The molecule has 0 aliphatic rings. The molecule has 0 aromatic carbocycles. The fraction of sp³-hybridized carbons (Fsp3) is 0.761. The number of carbonyl (C=O) groups is 1. The number of hydrogen-bond acceptors (Lipinski definition) is 7. The van der Waals surface area contributed by atoms with Crippen molar-refractivity contribution in [1.29, 1.82) is 0 Å². The second-order valence-corrected chi connectivity index (χ2v) is 17.1. The largest absolute Gasteiger partial charge is 0.756 e. The van der Waals surface area contributed by atoms with Gasteiger partial charge in [-0.3, -0.25) is 9.36 Å². The fourth-order valence-electron chi connectivity index (χ4n) is 5.69. The molecule has 0 fully saturated rings. The summed E-state index contributed by atoms with van der Waals surface area (Å²) in [6, 6.07) is 0. The van der Waals surface area contributed by atoms with Crippen molar-refractivity contribution in [3.8, 4) is 0 Å². The Hall–Kier alpha value is -1.80. The molecule has 0 saturated carbocycles. The molecule has 320 valence electrons. The van der Waals surface area contributed by atoms with Gasteiger partial charge in [0.1, 0.15) is 19.3 Å². The van der Waals surface area contributed by atoms with Crippen LogP contribution in [-0.4, -0.2) is 70.7 Å². The zero-order chi connectivity index (χ0) is 40.6. The summed E-state index contributed by atoms with van der Waals surface area (Å²) in [7, 11) is 1.35. The molecule has 0 spiro atoms. The van der Waals surface area contributed by atoms with Crippen LogP contribution in [0.2, 0.25) is 0 Å². The normalized spacial score (nSPS) is 14.4. The lowest BCUT2D eigenvalue weighted by Gasteiger charge is -2.28. The molecule has 0 aliphatic carbocycles. The number of nitrogens with zero attached hydrogens (tertiary/aromatic N) is 1. The van der Waals surface area contributed by atoms with Gasteiger partial charge in [0.15, 0.2) is 0 Å². The number of carbonyl (C=O) groups excluding carboxylic acids is 1. The molecule has 8 nitrogen and oxygen atoms in total. The molecule has 0 N–H and O–H groups in total.